The van der Waals surface area contributed by atoms with Gasteiger partial charge in [-0.1, -0.05) is 38.1 Å². The molecule has 1 aliphatic rings. The van der Waals surface area contributed by atoms with Crippen molar-refractivity contribution < 1.29 is 29.3 Å². The number of hydrogen-bond acceptors (Lipinski definition) is 6. The second-order valence-corrected chi connectivity index (χ2v) is 9.09. The van der Waals surface area contributed by atoms with Gasteiger partial charge in [-0.15, -0.1) is 0 Å². The first-order chi connectivity index (χ1) is 16.2. The summed E-state index contributed by atoms with van der Waals surface area (Å²) in [5.41, 5.74) is 0.909. The number of phenols is 1. The van der Waals surface area contributed by atoms with Crippen LogP contribution < -0.4 is 4.74 Å². The highest BCUT2D eigenvalue weighted by atomic mass is 16.5. The van der Waals surface area contributed by atoms with Gasteiger partial charge in [0.2, 0.25) is 0 Å². The fraction of sp³-hybridized carbons (Fsp3) is 0.407. The van der Waals surface area contributed by atoms with Crippen LogP contribution in [0.3, 0.4) is 0 Å². The molecule has 1 aliphatic heterocycles. The molecule has 0 aliphatic carbocycles. The number of amides is 1. The molecular formula is C27H33NO6. The van der Waals surface area contributed by atoms with Crippen LogP contribution in [0.1, 0.15) is 51.3 Å². The Bertz CT molecular complexity index is 1060. The molecule has 0 radical (unpaired) electrons. The van der Waals surface area contributed by atoms with Crippen molar-refractivity contribution in [3.05, 3.63) is 65.2 Å². The number of carbonyl (C=O) groups excluding carboxylic acids is 2. The monoisotopic (exact) mass is 467 g/mol. The van der Waals surface area contributed by atoms with Crippen LogP contribution in [-0.4, -0.2) is 52.7 Å². The fourth-order valence-electron chi connectivity index (χ4n) is 3.86. The van der Waals surface area contributed by atoms with Gasteiger partial charge in [0.05, 0.1) is 24.3 Å². The molecule has 7 heteroatoms. The number of aromatic hydroxyl groups is 1. The summed E-state index contributed by atoms with van der Waals surface area (Å²) < 4.78 is 11.3. The lowest BCUT2D eigenvalue weighted by molar-refractivity contribution is -0.140. The third-order valence-electron chi connectivity index (χ3n) is 5.41. The zero-order chi connectivity index (χ0) is 24.8. The number of phenolic OH excluding ortho intramolecular Hbond substituents is 1. The lowest BCUT2D eigenvalue weighted by atomic mass is 9.95. The number of aliphatic hydroxyl groups is 1. The zero-order valence-electron chi connectivity index (χ0n) is 20.2. The average molecular weight is 468 g/mol. The molecule has 2 N–H and O–H groups in total. The first kappa shape index (κ1) is 25.3. The molecule has 1 amide bonds. The normalized spacial score (nSPS) is 17.7. The van der Waals surface area contributed by atoms with Crippen LogP contribution in [0.25, 0.3) is 5.76 Å². The fourth-order valence-corrected chi connectivity index (χ4v) is 3.86. The molecule has 1 heterocycles. The summed E-state index contributed by atoms with van der Waals surface area (Å²) in [6.45, 7) is 9.14. The zero-order valence-corrected chi connectivity index (χ0v) is 20.2. The van der Waals surface area contributed by atoms with E-state index in [2.05, 4.69) is 0 Å². The van der Waals surface area contributed by atoms with Crippen molar-refractivity contribution in [2.45, 2.75) is 46.3 Å². The maximum Gasteiger partial charge on any atom is 0.295 e. The molecule has 0 spiro atoms. The van der Waals surface area contributed by atoms with Gasteiger partial charge in [0, 0.05) is 18.7 Å². The van der Waals surface area contributed by atoms with E-state index in [4.69, 9.17) is 9.47 Å². The highest BCUT2D eigenvalue weighted by Crippen LogP contribution is 2.40. The van der Waals surface area contributed by atoms with Crippen LogP contribution in [0, 0.1) is 5.92 Å². The molecule has 34 heavy (non-hydrogen) atoms. The van der Waals surface area contributed by atoms with Gasteiger partial charge >= 0.3 is 0 Å². The molecule has 1 fully saturated rings. The molecule has 0 aromatic heterocycles. The minimum Gasteiger partial charge on any atom is -0.508 e. The molecule has 0 bridgehead atoms. The molecule has 0 saturated carbocycles. The van der Waals surface area contributed by atoms with E-state index in [1.807, 2.05) is 27.7 Å². The van der Waals surface area contributed by atoms with E-state index >= 15 is 0 Å². The van der Waals surface area contributed by atoms with Gasteiger partial charge in [-0.2, -0.15) is 0 Å². The van der Waals surface area contributed by atoms with E-state index in [0.29, 0.717) is 42.4 Å². The summed E-state index contributed by atoms with van der Waals surface area (Å²) >= 11 is 0. The molecule has 7 nitrogen and oxygen atoms in total. The van der Waals surface area contributed by atoms with Crippen LogP contribution in [0.4, 0.5) is 0 Å². The third kappa shape index (κ3) is 5.97. The highest BCUT2D eigenvalue weighted by Gasteiger charge is 2.45. The quantitative estimate of drug-likeness (QED) is 0.228. The Labute approximate surface area is 200 Å². The number of nitrogens with zero attached hydrogens (tertiary/aromatic N) is 1. The number of carbonyl (C=O) groups is 2. The van der Waals surface area contributed by atoms with E-state index < -0.39 is 17.7 Å². The van der Waals surface area contributed by atoms with Crippen molar-refractivity contribution in [2.75, 3.05) is 19.8 Å². The SMILES string of the molecule is CC(C)COc1cccc(/C(O)=C2/C(=O)C(=O)N(CCCOC(C)C)C2c2cccc(O)c2)c1. The molecular weight excluding hydrogens is 434 g/mol. The summed E-state index contributed by atoms with van der Waals surface area (Å²) in [7, 11) is 0. The molecule has 182 valence electrons. The van der Waals surface area contributed by atoms with E-state index in [-0.39, 0.29) is 29.7 Å². The number of Topliss-reactive ketones (excluding diaryl/α,β-unsaturated/α-hetero) is 1. The molecule has 1 saturated heterocycles. The predicted molar refractivity (Wildman–Crippen MR) is 130 cm³/mol. The summed E-state index contributed by atoms with van der Waals surface area (Å²) in [6.07, 6.45) is 0.585. The van der Waals surface area contributed by atoms with Crippen LogP contribution in [-0.2, 0) is 14.3 Å². The van der Waals surface area contributed by atoms with E-state index in [1.165, 1.54) is 17.0 Å². The van der Waals surface area contributed by atoms with Crippen LogP contribution >= 0.6 is 0 Å². The number of ether oxygens (including phenoxy) is 2. The minimum absolute atomic E-state index is 0.00955. The first-order valence-corrected chi connectivity index (χ1v) is 11.6. The maximum absolute atomic E-state index is 13.1. The predicted octanol–water partition coefficient (Wildman–Crippen LogP) is 4.66. The van der Waals surface area contributed by atoms with Gasteiger partial charge in [0.15, 0.2) is 0 Å². The second kappa shape index (κ2) is 11.2. The van der Waals surface area contributed by atoms with Crippen molar-refractivity contribution in [1.29, 1.82) is 0 Å². The van der Waals surface area contributed by atoms with Crippen molar-refractivity contribution >= 4 is 17.4 Å². The van der Waals surface area contributed by atoms with Crippen molar-refractivity contribution in [3.8, 4) is 11.5 Å². The number of ketones is 1. The van der Waals surface area contributed by atoms with Crippen LogP contribution in [0.5, 0.6) is 11.5 Å². The van der Waals surface area contributed by atoms with Gasteiger partial charge < -0.3 is 24.6 Å². The lowest BCUT2D eigenvalue weighted by Gasteiger charge is -2.25. The Morgan fingerprint density at radius 3 is 2.47 bits per heavy atom. The Morgan fingerprint density at radius 1 is 1.06 bits per heavy atom. The molecule has 2 aromatic carbocycles. The third-order valence-corrected chi connectivity index (χ3v) is 5.41. The minimum atomic E-state index is -0.827. The number of likely N-dealkylation sites (tertiary alicyclic amines) is 1. The second-order valence-electron chi connectivity index (χ2n) is 9.09. The molecule has 1 unspecified atom stereocenters. The Kier molecular flexibility index (Phi) is 8.34. The topological polar surface area (TPSA) is 96.3 Å². The van der Waals surface area contributed by atoms with Crippen LogP contribution in [0.15, 0.2) is 54.1 Å². The van der Waals surface area contributed by atoms with E-state index in [9.17, 15) is 19.8 Å². The first-order valence-electron chi connectivity index (χ1n) is 11.6. The van der Waals surface area contributed by atoms with Crippen molar-refractivity contribution in [2.24, 2.45) is 5.92 Å². The number of rotatable bonds is 10. The standard InChI is InChI=1S/C27H33NO6/c1-17(2)16-34-22-11-6-9-20(15-22)25(30)23-24(19-8-5-10-21(29)14-19)28(27(32)26(23)31)12-7-13-33-18(3)4/h5-6,8-11,14-15,17-18,24,29-30H,7,12-13,16H2,1-4H3/b25-23-. The van der Waals surface area contributed by atoms with Crippen LogP contribution in [0.2, 0.25) is 0 Å². The van der Waals surface area contributed by atoms with E-state index in [1.54, 1.807) is 36.4 Å². The van der Waals surface area contributed by atoms with Gasteiger partial charge in [-0.25, -0.2) is 0 Å². The van der Waals surface area contributed by atoms with Gasteiger partial charge in [-0.05, 0) is 56.0 Å². The largest absolute Gasteiger partial charge is 0.508 e. The number of hydrogen-bond donors (Lipinski definition) is 2. The lowest BCUT2D eigenvalue weighted by Crippen LogP contribution is -2.31. The summed E-state index contributed by atoms with van der Waals surface area (Å²) in [5, 5.41) is 21.3. The van der Waals surface area contributed by atoms with Gasteiger partial charge in [0.25, 0.3) is 11.7 Å². The van der Waals surface area contributed by atoms with Crippen molar-refractivity contribution in [3.63, 3.8) is 0 Å². The molecule has 3 rings (SSSR count). The van der Waals surface area contributed by atoms with E-state index in [0.717, 1.165) is 0 Å². The summed E-state index contributed by atoms with van der Waals surface area (Å²) in [5.74, 6) is -0.826. The number of benzene rings is 2. The average Bonchev–Trinajstić information content (AvgIpc) is 3.05. The summed E-state index contributed by atoms with van der Waals surface area (Å²) in [6, 6.07) is 12.4. The Balaban J connectivity index is 2.01. The molecule has 1 atom stereocenters. The smallest absolute Gasteiger partial charge is 0.295 e. The number of aliphatic hydroxyl groups excluding tert-OH is 1. The summed E-state index contributed by atoms with van der Waals surface area (Å²) in [4.78, 5) is 27.5. The highest BCUT2D eigenvalue weighted by molar-refractivity contribution is 6.46. The molecule has 2 aromatic rings. The Morgan fingerprint density at radius 2 is 1.79 bits per heavy atom. The maximum atomic E-state index is 13.1. The Hall–Kier alpha value is -3.32. The van der Waals surface area contributed by atoms with Gasteiger partial charge in [0.1, 0.15) is 17.3 Å². The van der Waals surface area contributed by atoms with Gasteiger partial charge in [-0.3, -0.25) is 9.59 Å². The van der Waals surface area contributed by atoms with Crippen molar-refractivity contribution in [1.82, 2.24) is 4.90 Å².